The van der Waals surface area contributed by atoms with Gasteiger partial charge < -0.3 is 10.1 Å². The van der Waals surface area contributed by atoms with E-state index in [-0.39, 0.29) is 11.6 Å². The zero-order chi connectivity index (χ0) is 13.0. The van der Waals surface area contributed by atoms with Crippen molar-refractivity contribution in [3.8, 4) is 11.5 Å². The molecule has 2 rings (SSSR count). The van der Waals surface area contributed by atoms with Crippen molar-refractivity contribution in [2.75, 3.05) is 7.05 Å². The molecule has 0 aliphatic carbocycles. The zero-order valence-corrected chi connectivity index (χ0v) is 9.91. The average molecular weight is 249 g/mol. The molecule has 0 aliphatic rings. The number of hydrogen-bond donors (Lipinski definition) is 1. The Morgan fingerprint density at radius 1 is 1.00 bits per heavy atom. The van der Waals surface area contributed by atoms with Gasteiger partial charge in [-0.25, -0.2) is 8.78 Å². The van der Waals surface area contributed by atoms with E-state index in [1.165, 1.54) is 36.4 Å². The fourth-order valence-electron chi connectivity index (χ4n) is 1.61. The number of rotatable bonds is 4. The Hall–Kier alpha value is -1.94. The molecule has 0 unspecified atom stereocenters. The van der Waals surface area contributed by atoms with Crippen molar-refractivity contribution in [3.63, 3.8) is 0 Å². The molecule has 0 saturated carbocycles. The standard InChI is InChI=1S/C14H13F2NO/c1-17-9-10-8-12(16)4-7-14(10)18-13-5-2-11(15)3-6-13/h2-8,17H,9H2,1H3. The Morgan fingerprint density at radius 2 is 1.67 bits per heavy atom. The van der Waals surface area contributed by atoms with Crippen LogP contribution in [0.4, 0.5) is 8.78 Å². The summed E-state index contributed by atoms with van der Waals surface area (Å²) < 4.78 is 31.5. The highest BCUT2D eigenvalue weighted by Crippen LogP contribution is 2.26. The maximum Gasteiger partial charge on any atom is 0.132 e. The van der Waals surface area contributed by atoms with Crippen LogP contribution in [0.3, 0.4) is 0 Å². The summed E-state index contributed by atoms with van der Waals surface area (Å²) in [7, 11) is 1.77. The van der Waals surface area contributed by atoms with E-state index in [9.17, 15) is 8.78 Å². The fraction of sp³-hybridized carbons (Fsp3) is 0.143. The van der Waals surface area contributed by atoms with Crippen LogP contribution in [-0.2, 0) is 6.54 Å². The second-order valence-corrected chi connectivity index (χ2v) is 3.84. The molecule has 0 amide bonds. The Balaban J connectivity index is 2.25. The molecular formula is C14H13F2NO. The lowest BCUT2D eigenvalue weighted by atomic mass is 10.2. The first-order valence-electron chi connectivity index (χ1n) is 5.55. The average Bonchev–Trinajstić information content (AvgIpc) is 2.36. The minimum atomic E-state index is -0.322. The van der Waals surface area contributed by atoms with E-state index in [2.05, 4.69) is 5.32 Å². The first-order chi connectivity index (χ1) is 8.69. The number of nitrogens with one attached hydrogen (secondary N) is 1. The van der Waals surface area contributed by atoms with Gasteiger partial charge in [0, 0.05) is 12.1 Å². The highest BCUT2D eigenvalue weighted by molar-refractivity contribution is 5.38. The molecule has 0 atom stereocenters. The molecule has 0 saturated heterocycles. The minimum Gasteiger partial charge on any atom is -0.457 e. The Labute approximate surface area is 104 Å². The number of benzene rings is 2. The summed E-state index contributed by atoms with van der Waals surface area (Å²) in [5.41, 5.74) is 0.710. The van der Waals surface area contributed by atoms with E-state index >= 15 is 0 Å². The summed E-state index contributed by atoms with van der Waals surface area (Å²) in [6.45, 7) is 0.494. The largest absolute Gasteiger partial charge is 0.457 e. The highest BCUT2D eigenvalue weighted by atomic mass is 19.1. The van der Waals surface area contributed by atoms with Crippen molar-refractivity contribution >= 4 is 0 Å². The summed E-state index contributed by atoms with van der Waals surface area (Å²) in [6, 6.07) is 10.00. The molecule has 0 spiro atoms. The summed E-state index contributed by atoms with van der Waals surface area (Å²) in [5, 5.41) is 2.94. The van der Waals surface area contributed by atoms with E-state index < -0.39 is 0 Å². The molecular weight excluding hydrogens is 236 g/mol. The fourth-order valence-corrected chi connectivity index (χ4v) is 1.61. The molecule has 2 aromatic rings. The molecule has 18 heavy (non-hydrogen) atoms. The van der Waals surface area contributed by atoms with Crippen molar-refractivity contribution in [3.05, 3.63) is 59.7 Å². The molecule has 0 radical (unpaired) electrons. The van der Waals surface area contributed by atoms with Gasteiger partial charge in [-0.1, -0.05) is 0 Å². The number of hydrogen-bond acceptors (Lipinski definition) is 2. The van der Waals surface area contributed by atoms with Crippen LogP contribution in [0.2, 0.25) is 0 Å². The van der Waals surface area contributed by atoms with Crippen molar-refractivity contribution in [2.24, 2.45) is 0 Å². The maximum absolute atomic E-state index is 13.1. The summed E-state index contributed by atoms with van der Waals surface area (Å²) >= 11 is 0. The number of ether oxygens (including phenoxy) is 1. The quantitative estimate of drug-likeness (QED) is 0.895. The molecule has 1 N–H and O–H groups in total. The molecule has 94 valence electrons. The predicted octanol–water partition coefficient (Wildman–Crippen LogP) is 3.48. The van der Waals surface area contributed by atoms with Crippen molar-refractivity contribution in [1.29, 1.82) is 0 Å². The second-order valence-electron chi connectivity index (χ2n) is 3.84. The lowest BCUT2D eigenvalue weighted by Crippen LogP contribution is -2.06. The van der Waals surface area contributed by atoms with Gasteiger partial charge in [-0.15, -0.1) is 0 Å². The van der Waals surface area contributed by atoms with Crippen LogP contribution < -0.4 is 10.1 Å². The SMILES string of the molecule is CNCc1cc(F)ccc1Oc1ccc(F)cc1. The Morgan fingerprint density at radius 3 is 2.33 bits per heavy atom. The van der Waals surface area contributed by atoms with Crippen molar-refractivity contribution < 1.29 is 13.5 Å². The van der Waals surface area contributed by atoms with Gasteiger partial charge in [-0.3, -0.25) is 0 Å². The van der Waals surface area contributed by atoms with Gasteiger partial charge in [-0.05, 0) is 49.5 Å². The van der Waals surface area contributed by atoms with Gasteiger partial charge in [0.2, 0.25) is 0 Å². The van der Waals surface area contributed by atoms with Crippen LogP contribution >= 0.6 is 0 Å². The second kappa shape index (κ2) is 5.60. The molecule has 2 nitrogen and oxygen atoms in total. The minimum absolute atomic E-state index is 0.313. The topological polar surface area (TPSA) is 21.3 Å². The van der Waals surface area contributed by atoms with E-state index in [1.807, 2.05) is 0 Å². The molecule has 0 heterocycles. The van der Waals surface area contributed by atoms with E-state index in [1.54, 1.807) is 13.1 Å². The van der Waals surface area contributed by atoms with Gasteiger partial charge in [0.05, 0.1) is 0 Å². The van der Waals surface area contributed by atoms with Crippen LogP contribution in [-0.4, -0.2) is 7.05 Å². The van der Waals surface area contributed by atoms with Crippen LogP contribution in [0.1, 0.15) is 5.56 Å². The summed E-state index contributed by atoms with van der Waals surface area (Å²) in [4.78, 5) is 0. The molecule has 0 bridgehead atoms. The van der Waals surface area contributed by atoms with Gasteiger partial charge in [0.15, 0.2) is 0 Å². The molecule has 0 aliphatic heterocycles. The molecule has 4 heteroatoms. The van der Waals surface area contributed by atoms with Crippen LogP contribution in [0.25, 0.3) is 0 Å². The van der Waals surface area contributed by atoms with Crippen LogP contribution in [0.5, 0.6) is 11.5 Å². The molecule has 2 aromatic carbocycles. The normalized spacial score (nSPS) is 10.4. The zero-order valence-electron chi connectivity index (χ0n) is 9.91. The first kappa shape index (κ1) is 12.5. The predicted molar refractivity (Wildman–Crippen MR) is 65.6 cm³/mol. The highest BCUT2D eigenvalue weighted by Gasteiger charge is 2.06. The maximum atomic E-state index is 13.1. The van der Waals surface area contributed by atoms with Crippen LogP contribution in [0.15, 0.2) is 42.5 Å². The third-order valence-electron chi connectivity index (χ3n) is 2.43. The molecule has 0 aromatic heterocycles. The monoisotopic (exact) mass is 249 g/mol. The lowest BCUT2D eigenvalue weighted by molar-refractivity contribution is 0.470. The van der Waals surface area contributed by atoms with Crippen molar-refractivity contribution in [1.82, 2.24) is 5.32 Å². The summed E-state index contributed by atoms with van der Waals surface area (Å²) in [5.74, 6) is 0.432. The smallest absolute Gasteiger partial charge is 0.132 e. The third kappa shape index (κ3) is 3.05. The molecule has 0 fully saturated rings. The lowest BCUT2D eigenvalue weighted by Gasteiger charge is -2.11. The Bertz CT molecular complexity index is 526. The van der Waals surface area contributed by atoms with Gasteiger partial charge >= 0.3 is 0 Å². The third-order valence-corrected chi connectivity index (χ3v) is 2.43. The van der Waals surface area contributed by atoms with E-state index in [0.717, 1.165) is 0 Å². The van der Waals surface area contributed by atoms with E-state index in [4.69, 9.17) is 4.74 Å². The Kier molecular flexibility index (Phi) is 3.89. The number of halogens is 2. The summed E-state index contributed by atoms with van der Waals surface area (Å²) in [6.07, 6.45) is 0. The van der Waals surface area contributed by atoms with E-state index in [0.29, 0.717) is 23.6 Å². The van der Waals surface area contributed by atoms with Crippen LogP contribution in [0, 0.1) is 11.6 Å². The van der Waals surface area contributed by atoms with Gasteiger partial charge in [0.25, 0.3) is 0 Å². The van der Waals surface area contributed by atoms with Gasteiger partial charge in [-0.2, -0.15) is 0 Å². The van der Waals surface area contributed by atoms with Crippen molar-refractivity contribution in [2.45, 2.75) is 6.54 Å². The van der Waals surface area contributed by atoms with Gasteiger partial charge in [0.1, 0.15) is 23.1 Å². The first-order valence-corrected chi connectivity index (χ1v) is 5.55.